The highest BCUT2D eigenvalue weighted by Gasteiger charge is 2.16. The second-order valence-corrected chi connectivity index (χ2v) is 11.2. The van der Waals surface area contributed by atoms with Crippen molar-refractivity contribution >= 4 is 11.9 Å². The number of unbranched alkanes of at least 4 members (excludes halogenated alkanes) is 10. The molecule has 44 heavy (non-hydrogen) atoms. The summed E-state index contributed by atoms with van der Waals surface area (Å²) >= 11 is 0. The first-order valence-corrected chi connectivity index (χ1v) is 17.5. The summed E-state index contributed by atoms with van der Waals surface area (Å²) in [6, 6.07) is 0. The van der Waals surface area contributed by atoms with Crippen molar-refractivity contribution in [1.82, 2.24) is 0 Å². The van der Waals surface area contributed by atoms with Crippen molar-refractivity contribution in [1.29, 1.82) is 0 Å². The number of hydrogen-bond donors (Lipinski definition) is 1. The molecule has 0 heterocycles. The molecule has 0 saturated heterocycles. The quantitative estimate of drug-likeness (QED) is 0.0496. The fourth-order valence-electron chi connectivity index (χ4n) is 4.40. The van der Waals surface area contributed by atoms with Crippen molar-refractivity contribution in [3.63, 3.8) is 0 Å². The maximum Gasteiger partial charge on any atom is 0.306 e. The molecule has 0 aliphatic rings. The number of aliphatic hydroxyl groups is 1. The fourth-order valence-corrected chi connectivity index (χ4v) is 4.40. The zero-order valence-electron chi connectivity index (χ0n) is 28.1. The lowest BCUT2D eigenvalue weighted by atomic mass is 10.1. The summed E-state index contributed by atoms with van der Waals surface area (Å²) in [5.74, 6) is -0.640. The molecule has 1 N–H and O–H groups in total. The van der Waals surface area contributed by atoms with E-state index >= 15 is 0 Å². The average molecular weight is 613 g/mol. The molecule has 1 unspecified atom stereocenters. The Balaban J connectivity index is 3.67. The molecule has 0 aromatic rings. The third-order valence-electron chi connectivity index (χ3n) is 7.00. The van der Waals surface area contributed by atoms with Crippen molar-refractivity contribution in [3.8, 4) is 0 Å². The van der Waals surface area contributed by atoms with Crippen molar-refractivity contribution in [3.05, 3.63) is 72.9 Å². The van der Waals surface area contributed by atoms with E-state index in [4.69, 9.17) is 9.47 Å². The van der Waals surface area contributed by atoms with Gasteiger partial charge >= 0.3 is 11.9 Å². The van der Waals surface area contributed by atoms with E-state index in [0.717, 1.165) is 109 Å². The molecule has 0 saturated carbocycles. The van der Waals surface area contributed by atoms with Crippen LogP contribution in [0, 0.1) is 0 Å². The molecular formula is C39H64O5. The highest BCUT2D eigenvalue weighted by molar-refractivity contribution is 5.70. The van der Waals surface area contributed by atoms with Gasteiger partial charge in [0.25, 0.3) is 0 Å². The molecule has 0 aliphatic carbocycles. The van der Waals surface area contributed by atoms with Crippen LogP contribution >= 0.6 is 0 Å². The summed E-state index contributed by atoms with van der Waals surface area (Å²) in [6.07, 6.45) is 45.2. The third kappa shape index (κ3) is 32.3. The largest absolute Gasteiger partial charge is 0.462 e. The first-order chi connectivity index (χ1) is 21.6. The topological polar surface area (TPSA) is 72.8 Å². The molecule has 250 valence electrons. The number of esters is 2. The number of ether oxygens (including phenoxy) is 2. The van der Waals surface area contributed by atoms with Gasteiger partial charge in [0.15, 0.2) is 6.10 Å². The van der Waals surface area contributed by atoms with Gasteiger partial charge in [-0.15, -0.1) is 0 Å². The van der Waals surface area contributed by atoms with Crippen LogP contribution in [0.3, 0.4) is 0 Å². The lowest BCUT2D eigenvalue weighted by Gasteiger charge is -2.15. The van der Waals surface area contributed by atoms with Crippen LogP contribution in [0.25, 0.3) is 0 Å². The van der Waals surface area contributed by atoms with Gasteiger partial charge in [-0.05, 0) is 77.0 Å². The van der Waals surface area contributed by atoms with Crippen LogP contribution < -0.4 is 0 Å². The predicted octanol–water partition coefficient (Wildman–Crippen LogP) is 10.6. The number of aliphatic hydroxyl groups excluding tert-OH is 1. The van der Waals surface area contributed by atoms with E-state index in [-0.39, 0.29) is 25.2 Å². The van der Waals surface area contributed by atoms with Gasteiger partial charge in [0, 0.05) is 12.8 Å². The smallest absolute Gasteiger partial charge is 0.306 e. The fraction of sp³-hybridized carbons (Fsp3) is 0.641. The molecule has 5 heteroatoms. The molecule has 0 spiro atoms. The lowest BCUT2D eigenvalue weighted by molar-refractivity contribution is -0.161. The minimum absolute atomic E-state index is 0.0861. The molecular weight excluding hydrogens is 548 g/mol. The van der Waals surface area contributed by atoms with Crippen molar-refractivity contribution in [2.24, 2.45) is 0 Å². The van der Waals surface area contributed by atoms with E-state index in [1.54, 1.807) is 0 Å². The van der Waals surface area contributed by atoms with Gasteiger partial charge in [-0.3, -0.25) is 9.59 Å². The summed E-state index contributed by atoms with van der Waals surface area (Å²) in [5.41, 5.74) is 0. The van der Waals surface area contributed by atoms with E-state index in [9.17, 15) is 14.7 Å². The number of hydrogen-bond acceptors (Lipinski definition) is 5. The second kappa shape index (κ2) is 34.8. The number of allylic oxidation sites excluding steroid dienone is 12. The Kier molecular flexibility index (Phi) is 32.7. The van der Waals surface area contributed by atoms with Crippen LogP contribution in [0.4, 0.5) is 0 Å². The lowest BCUT2D eigenvalue weighted by Crippen LogP contribution is -2.28. The van der Waals surface area contributed by atoms with Gasteiger partial charge in [-0.1, -0.05) is 125 Å². The normalized spacial score (nSPS) is 13.1. The summed E-state index contributed by atoms with van der Waals surface area (Å²) in [6.45, 7) is 3.86. The van der Waals surface area contributed by atoms with E-state index in [0.29, 0.717) is 12.8 Å². The minimum atomic E-state index is -0.790. The molecule has 1 atom stereocenters. The van der Waals surface area contributed by atoms with Gasteiger partial charge in [0.05, 0.1) is 6.61 Å². The highest BCUT2D eigenvalue weighted by atomic mass is 16.6. The second-order valence-electron chi connectivity index (χ2n) is 11.2. The maximum atomic E-state index is 12.1. The van der Waals surface area contributed by atoms with E-state index in [2.05, 4.69) is 86.8 Å². The Bertz CT molecular complexity index is 833. The summed E-state index contributed by atoms with van der Waals surface area (Å²) in [4.78, 5) is 24.2. The third-order valence-corrected chi connectivity index (χ3v) is 7.00. The van der Waals surface area contributed by atoms with Gasteiger partial charge in [-0.2, -0.15) is 0 Å². The standard InChI is InChI=1S/C39H64O5/c1-3-5-7-9-11-13-15-17-19-21-23-25-27-29-31-33-38(41)43-36-37(35-40)44-39(42)34-32-30-28-26-24-22-20-18-16-14-12-10-8-6-4-2/h5-8,11-14,17-20,37,40H,3-4,9-10,15-16,21-36H2,1-2H3/b7-5+,8-6+,13-11+,14-12+,19-17+,20-18+. The summed E-state index contributed by atoms with van der Waals surface area (Å²) < 4.78 is 10.5. The first-order valence-electron chi connectivity index (χ1n) is 17.5. The van der Waals surface area contributed by atoms with Crippen LogP contribution in [0.5, 0.6) is 0 Å². The van der Waals surface area contributed by atoms with Crippen molar-refractivity contribution in [2.75, 3.05) is 13.2 Å². The van der Waals surface area contributed by atoms with Crippen LogP contribution in [0.1, 0.15) is 142 Å². The maximum absolute atomic E-state index is 12.1. The highest BCUT2D eigenvalue weighted by Crippen LogP contribution is 2.11. The van der Waals surface area contributed by atoms with E-state index < -0.39 is 6.10 Å². The zero-order valence-corrected chi connectivity index (χ0v) is 28.1. The number of rotatable bonds is 30. The molecule has 0 fully saturated rings. The van der Waals surface area contributed by atoms with Gasteiger partial charge in [0.1, 0.15) is 6.61 Å². The van der Waals surface area contributed by atoms with Crippen LogP contribution in [-0.2, 0) is 19.1 Å². The van der Waals surface area contributed by atoms with E-state index in [1.165, 1.54) is 6.42 Å². The van der Waals surface area contributed by atoms with Crippen LogP contribution in [0.15, 0.2) is 72.9 Å². The predicted molar refractivity (Wildman–Crippen MR) is 186 cm³/mol. The Morgan fingerprint density at radius 1 is 0.523 bits per heavy atom. The molecule has 5 nitrogen and oxygen atoms in total. The van der Waals surface area contributed by atoms with Crippen molar-refractivity contribution in [2.45, 2.75) is 148 Å². The summed E-state index contributed by atoms with van der Waals surface area (Å²) in [7, 11) is 0. The molecule has 0 amide bonds. The molecule has 0 radical (unpaired) electrons. The SMILES string of the molecule is CC/C=C/C/C=C/C/C=C/CCCCCCCC(=O)OCC(CO)OC(=O)CCCCCCC/C=C/C/C=C/C/C=C/CC. The molecule has 0 aromatic heterocycles. The Morgan fingerprint density at radius 2 is 0.909 bits per heavy atom. The Hall–Kier alpha value is -2.66. The molecule has 0 bridgehead atoms. The number of carbonyl (C=O) groups is 2. The van der Waals surface area contributed by atoms with Gasteiger partial charge < -0.3 is 14.6 Å². The van der Waals surface area contributed by atoms with Crippen LogP contribution in [-0.4, -0.2) is 36.4 Å². The van der Waals surface area contributed by atoms with Crippen molar-refractivity contribution < 1.29 is 24.2 Å². The minimum Gasteiger partial charge on any atom is -0.462 e. The monoisotopic (exact) mass is 612 g/mol. The molecule has 0 aromatic carbocycles. The van der Waals surface area contributed by atoms with Crippen LogP contribution in [0.2, 0.25) is 0 Å². The Labute approximate surface area is 270 Å². The Morgan fingerprint density at radius 3 is 1.36 bits per heavy atom. The molecule has 0 rings (SSSR count). The molecule has 0 aliphatic heterocycles. The first kappa shape index (κ1) is 41.3. The van der Waals surface area contributed by atoms with Gasteiger partial charge in [0.2, 0.25) is 0 Å². The average Bonchev–Trinajstić information content (AvgIpc) is 3.02. The van der Waals surface area contributed by atoms with Gasteiger partial charge in [-0.25, -0.2) is 0 Å². The number of carbonyl (C=O) groups excluding carboxylic acids is 2. The summed E-state index contributed by atoms with van der Waals surface area (Å²) in [5, 5.41) is 9.52. The van der Waals surface area contributed by atoms with E-state index in [1.807, 2.05) is 0 Å². The zero-order chi connectivity index (χ0) is 32.2.